The number of carbonyl (C=O) groups is 1. The van der Waals surface area contributed by atoms with Crippen LogP contribution in [-0.4, -0.2) is 60.6 Å². The van der Waals surface area contributed by atoms with Crippen LogP contribution in [0.3, 0.4) is 0 Å². The van der Waals surface area contributed by atoms with Gasteiger partial charge in [0.15, 0.2) is 0 Å². The molecule has 5 nitrogen and oxygen atoms in total. The fraction of sp³-hybridized carbons (Fsp3) is 0.389. The van der Waals surface area contributed by atoms with Crippen molar-refractivity contribution in [3.8, 4) is 5.75 Å². The summed E-state index contributed by atoms with van der Waals surface area (Å²) in [5, 5.41) is 14.3. The van der Waals surface area contributed by atoms with Crippen LogP contribution < -0.4 is 4.74 Å². The molecule has 1 aromatic heterocycles. The smallest absolute Gasteiger partial charge is 0.254 e. The van der Waals surface area contributed by atoms with Crippen molar-refractivity contribution in [2.75, 3.05) is 39.8 Å². The van der Waals surface area contributed by atoms with E-state index >= 15 is 0 Å². The molecule has 0 aliphatic carbocycles. The van der Waals surface area contributed by atoms with E-state index in [-0.39, 0.29) is 5.91 Å². The number of amides is 1. The number of hydrogen-bond donors (Lipinski definition) is 1. The summed E-state index contributed by atoms with van der Waals surface area (Å²) in [6.45, 7) is 3.50. The van der Waals surface area contributed by atoms with Gasteiger partial charge in [-0.15, -0.1) is 0 Å². The number of ether oxygens (including phenoxy) is 1. The van der Waals surface area contributed by atoms with Crippen LogP contribution in [0.15, 0.2) is 41.1 Å². The van der Waals surface area contributed by atoms with E-state index in [9.17, 15) is 9.90 Å². The molecule has 2 aromatic rings. The maximum Gasteiger partial charge on any atom is 0.254 e. The van der Waals surface area contributed by atoms with Gasteiger partial charge in [-0.3, -0.25) is 9.69 Å². The van der Waals surface area contributed by atoms with Gasteiger partial charge in [-0.25, -0.2) is 0 Å². The number of rotatable bonds is 5. The Morgan fingerprint density at radius 3 is 2.75 bits per heavy atom. The molecule has 0 saturated carbocycles. The summed E-state index contributed by atoms with van der Waals surface area (Å²) in [7, 11) is 1.62. The molecule has 1 unspecified atom stereocenters. The van der Waals surface area contributed by atoms with Gasteiger partial charge in [0.1, 0.15) is 5.75 Å². The van der Waals surface area contributed by atoms with E-state index < -0.39 is 6.10 Å². The topological polar surface area (TPSA) is 53.0 Å². The molecule has 3 rings (SSSR count). The maximum atomic E-state index is 12.3. The van der Waals surface area contributed by atoms with E-state index in [1.807, 2.05) is 46.0 Å². The maximum absolute atomic E-state index is 12.3. The van der Waals surface area contributed by atoms with E-state index in [0.717, 1.165) is 30.0 Å². The number of β-amino-alcohol motifs (C(OH)–C–C–N with tert-alkyl or cyclic N) is 1. The number of methoxy groups -OCH3 is 1. The lowest BCUT2D eigenvalue weighted by Gasteiger charge is -2.35. The van der Waals surface area contributed by atoms with Crippen LogP contribution in [0.25, 0.3) is 0 Å². The molecule has 1 fully saturated rings. The lowest BCUT2D eigenvalue weighted by Crippen LogP contribution is -2.49. The summed E-state index contributed by atoms with van der Waals surface area (Å²) in [6, 6.07) is 9.39. The van der Waals surface area contributed by atoms with Crippen molar-refractivity contribution < 1.29 is 14.6 Å². The largest absolute Gasteiger partial charge is 0.497 e. The van der Waals surface area contributed by atoms with Crippen molar-refractivity contribution in [1.29, 1.82) is 0 Å². The minimum absolute atomic E-state index is 0.101. The van der Waals surface area contributed by atoms with Crippen LogP contribution in [0.5, 0.6) is 5.75 Å². The van der Waals surface area contributed by atoms with Crippen LogP contribution in [0, 0.1) is 0 Å². The van der Waals surface area contributed by atoms with Gasteiger partial charge in [0.25, 0.3) is 5.91 Å². The summed E-state index contributed by atoms with van der Waals surface area (Å²) >= 11 is 1.54. The number of thiophene rings is 1. The molecule has 0 bridgehead atoms. The summed E-state index contributed by atoms with van der Waals surface area (Å²) < 4.78 is 5.20. The fourth-order valence-electron chi connectivity index (χ4n) is 2.90. The molecule has 1 N–H and O–H groups in total. The minimum Gasteiger partial charge on any atom is -0.497 e. The molecule has 0 radical (unpaired) electrons. The quantitative estimate of drug-likeness (QED) is 0.902. The molecule has 128 valence electrons. The first kappa shape index (κ1) is 17.0. The SMILES string of the molecule is COc1cccc(C(O)CN2CCN(C(=O)c3ccsc3)CC2)c1. The van der Waals surface area contributed by atoms with Crippen molar-refractivity contribution in [3.63, 3.8) is 0 Å². The molecule has 6 heteroatoms. The zero-order valence-corrected chi connectivity index (χ0v) is 14.5. The van der Waals surface area contributed by atoms with Crippen molar-refractivity contribution in [3.05, 3.63) is 52.2 Å². The normalized spacial score (nSPS) is 16.8. The molecule has 0 spiro atoms. The highest BCUT2D eigenvalue weighted by molar-refractivity contribution is 7.08. The predicted octanol–water partition coefficient (Wildman–Crippen LogP) is 2.25. The molecule has 1 aliphatic heterocycles. The average molecular weight is 346 g/mol. The van der Waals surface area contributed by atoms with Gasteiger partial charge in [-0.2, -0.15) is 11.3 Å². The van der Waals surface area contributed by atoms with E-state index in [0.29, 0.717) is 19.6 Å². The average Bonchev–Trinajstić information content (AvgIpc) is 3.16. The van der Waals surface area contributed by atoms with Crippen molar-refractivity contribution in [1.82, 2.24) is 9.80 Å². The number of piperazine rings is 1. The third-order valence-corrected chi connectivity index (χ3v) is 5.02. The number of aliphatic hydroxyl groups excluding tert-OH is 1. The summed E-state index contributed by atoms with van der Waals surface area (Å²) in [6.07, 6.45) is -0.556. The summed E-state index contributed by atoms with van der Waals surface area (Å²) in [5.74, 6) is 0.849. The van der Waals surface area contributed by atoms with Crippen molar-refractivity contribution in [2.24, 2.45) is 0 Å². The highest BCUT2D eigenvalue weighted by atomic mass is 32.1. The third-order valence-electron chi connectivity index (χ3n) is 4.34. The number of carbonyl (C=O) groups excluding carboxylic acids is 1. The molecule has 1 atom stereocenters. The van der Waals surface area contributed by atoms with Gasteiger partial charge in [0, 0.05) is 38.1 Å². The second-order valence-electron chi connectivity index (χ2n) is 5.90. The standard InChI is InChI=1S/C18H22N2O3S/c1-23-16-4-2-3-14(11-16)17(21)12-19-6-8-20(9-7-19)18(22)15-5-10-24-13-15/h2-5,10-11,13,17,21H,6-9,12H2,1H3. The third kappa shape index (κ3) is 3.95. The van der Waals surface area contributed by atoms with Gasteiger partial charge in [-0.1, -0.05) is 12.1 Å². The molecule has 1 saturated heterocycles. The van der Waals surface area contributed by atoms with Crippen molar-refractivity contribution >= 4 is 17.2 Å². The van der Waals surface area contributed by atoms with Gasteiger partial charge in [-0.05, 0) is 29.1 Å². The Hall–Kier alpha value is -1.89. The second kappa shape index (κ2) is 7.79. The lowest BCUT2D eigenvalue weighted by atomic mass is 10.1. The monoisotopic (exact) mass is 346 g/mol. The number of benzene rings is 1. The van der Waals surface area contributed by atoms with Gasteiger partial charge < -0.3 is 14.7 Å². The van der Waals surface area contributed by atoms with Gasteiger partial charge >= 0.3 is 0 Å². The van der Waals surface area contributed by atoms with Crippen LogP contribution in [0.4, 0.5) is 0 Å². The van der Waals surface area contributed by atoms with Crippen LogP contribution >= 0.6 is 11.3 Å². The second-order valence-corrected chi connectivity index (χ2v) is 6.68. The Morgan fingerprint density at radius 1 is 1.29 bits per heavy atom. The highest BCUT2D eigenvalue weighted by Crippen LogP contribution is 2.20. The molecular weight excluding hydrogens is 324 g/mol. The Balaban J connectivity index is 1.52. The van der Waals surface area contributed by atoms with Crippen LogP contribution in [0.1, 0.15) is 22.0 Å². The van der Waals surface area contributed by atoms with E-state index in [1.54, 1.807) is 18.4 Å². The molecule has 24 heavy (non-hydrogen) atoms. The molecule has 2 heterocycles. The number of aliphatic hydroxyl groups is 1. The van der Waals surface area contributed by atoms with Crippen LogP contribution in [0.2, 0.25) is 0 Å². The molecule has 1 aliphatic rings. The Labute approximate surface area is 146 Å². The predicted molar refractivity (Wildman–Crippen MR) is 94.6 cm³/mol. The van der Waals surface area contributed by atoms with Gasteiger partial charge in [0.05, 0.1) is 18.8 Å². The summed E-state index contributed by atoms with van der Waals surface area (Å²) in [5.41, 5.74) is 1.62. The van der Waals surface area contributed by atoms with E-state index in [4.69, 9.17) is 4.74 Å². The first-order valence-corrected chi connectivity index (χ1v) is 8.97. The Morgan fingerprint density at radius 2 is 2.08 bits per heavy atom. The number of hydrogen-bond acceptors (Lipinski definition) is 5. The highest BCUT2D eigenvalue weighted by Gasteiger charge is 2.24. The molecular formula is C18H22N2O3S. The first-order valence-electron chi connectivity index (χ1n) is 8.03. The van der Waals surface area contributed by atoms with Crippen LogP contribution in [-0.2, 0) is 0 Å². The van der Waals surface area contributed by atoms with Crippen molar-refractivity contribution in [2.45, 2.75) is 6.10 Å². The Bertz CT molecular complexity index is 667. The molecule has 1 amide bonds. The Kier molecular flexibility index (Phi) is 5.50. The zero-order valence-electron chi connectivity index (χ0n) is 13.7. The van der Waals surface area contributed by atoms with E-state index in [1.165, 1.54) is 0 Å². The lowest BCUT2D eigenvalue weighted by molar-refractivity contribution is 0.0527. The fourth-order valence-corrected chi connectivity index (χ4v) is 3.53. The zero-order chi connectivity index (χ0) is 16.9. The number of nitrogens with zero attached hydrogens (tertiary/aromatic N) is 2. The van der Waals surface area contributed by atoms with Gasteiger partial charge in [0.2, 0.25) is 0 Å². The first-order chi connectivity index (χ1) is 11.7. The minimum atomic E-state index is -0.556. The van der Waals surface area contributed by atoms with E-state index in [2.05, 4.69) is 4.90 Å². The molecule has 1 aromatic carbocycles. The summed E-state index contributed by atoms with van der Waals surface area (Å²) in [4.78, 5) is 16.4.